The Morgan fingerprint density at radius 2 is 1.89 bits per heavy atom. The second kappa shape index (κ2) is 1.97. The molecule has 48 valence electrons. The summed E-state index contributed by atoms with van der Waals surface area (Å²) >= 11 is 0. The molecular formula is C5H7N3O. The van der Waals surface area contributed by atoms with Gasteiger partial charge in [-0.25, -0.2) is 0 Å². The van der Waals surface area contributed by atoms with E-state index in [1.807, 2.05) is 0 Å². The Morgan fingerprint density at radius 3 is 2.33 bits per heavy atom. The molecule has 0 saturated heterocycles. The van der Waals surface area contributed by atoms with Crippen molar-refractivity contribution in [1.29, 1.82) is 0 Å². The highest BCUT2D eigenvalue weighted by molar-refractivity contribution is 5.11. The molecular weight excluding hydrogens is 118 g/mol. The van der Waals surface area contributed by atoms with Crippen LogP contribution in [0.1, 0.15) is 11.5 Å². The minimum absolute atomic E-state index is 0.0394. The van der Waals surface area contributed by atoms with Crippen LogP contribution in [0.5, 0.6) is 5.88 Å². The molecule has 1 heterocycles. The van der Waals surface area contributed by atoms with Crippen LogP contribution in [0.15, 0.2) is 0 Å². The molecule has 4 heteroatoms. The van der Waals surface area contributed by atoms with Gasteiger partial charge in [-0.15, -0.1) is 10.2 Å². The Hall–Kier alpha value is -1.19. The van der Waals surface area contributed by atoms with Gasteiger partial charge in [-0.1, -0.05) is 0 Å². The van der Waals surface area contributed by atoms with E-state index in [-0.39, 0.29) is 5.88 Å². The van der Waals surface area contributed by atoms with Gasteiger partial charge >= 0.3 is 0 Å². The first-order valence-corrected chi connectivity index (χ1v) is 2.57. The van der Waals surface area contributed by atoms with Crippen LogP contribution >= 0.6 is 0 Å². The van der Waals surface area contributed by atoms with E-state index in [1.54, 1.807) is 13.8 Å². The van der Waals surface area contributed by atoms with Crippen molar-refractivity contribution in [2.24, 2.45) is 0 Å². The third-order valence-corrected chi connectivity index (χ3v) is 0.936. The Labute approximate surface area is 52.6 Å². The normalized spacial score (nSPS) is 9.56. The minimum Gasteiger partial charge on any atom is -0.492 e. The van der Waals surface area contributed by atoms with Gasteiger partial charge in [0.15, 0.2) is 5.82 Å². The lowest BCUT2D eigenvalue weighted by Crippen LogP contribution is -1.93. The van der Waals surface area contributed by atoms with Gasteiger partial charge in [0.25, 0.3) is 0 Å². The number of hydrogen-bond acceptors (Lipinski definition) is 4. The maximum atomic E-state index is 8.89. The molecule has 1 N–H and O–H groups in total. The quantitative estimate of drug-likeness (QED) is 0.537. The topological polar surface area (TPSA) is 58.9 Å². The van der Waals surface area contributed by atoms with E-state index in [4.69, 9.17) is 5.11 Å². The first-order chi connectivity index (χ1) is 4.20. The van der Waals surface area contributed by atoms with Crippen molar-refractivity contribution in [3.05, 3.63) is 11.5 Å². The van der Waals surface area contributed by atoms with Gasteiger partial charge in [-0.3, -0.25) is 0 Å². The van der Waals surface area contributed by atoms with E-state index in [1.165, 1.54) is 0 Å². The molecule has 0 bridgehead atoms. The number of nitrogens with zero attached hydrogens (tertiary/aromatic N) is 3. The molecule has 9 heavy (non-hydrogen) atoms. The van der Waals surface area contributed by atoms with E-state index in [9.17, 15) is 0 Å². The molecule has 4 nitrogen and oxygen atoms in total. The predicted octanol–water partition coefficient (Wildman–Crippen LogP) is 0.194. The average Bonchev–Trinajstić information content (AvgIpc) is 1.80. The highest BCUT2D eigenvalue weighted by Gasteiger charge is 1.97. The molecule has 0 aliphatic rings. The van der Waals surface area contributed by atoms with Crippen LogP contribution in [-0.4, -0.2) is 20.3 Å². The van der Waals surface area contributed by atoms with E-state index in [0.29, 0.717) is 11.5 Å². The zero-order valence-corrected chi connectivity index (χ0v) is 5.29. The highest BCUT2D eigenvalue weighted by atomic mass is 16.3. The summed E-state index contributed by atoms with van der Waals surface area (Å²) in [4.78, 5) is 3.66. The van der Waals surface area contributed by atoms with Crippen molar-refractivity contribution in [2.75, 3.05) is 0 Å². The van der Waals surface area contributed by atoms with Crippen molar-refractivity contribution in [3.63, 3.8) is 0 Å². The first-order valence-electron chi connectivity index (χ1n) is 2.57. The van der Waals surface area contributed by atoms with Crippen LogP contribution in [-0.2, 0) is 0 Å². The summed E-state index contributed by atoms with van der Waals surface area (Å²) in [5.41, 5.74) is 0.459. The molecule has 1 aromatic rings. The van der Waals surface area contributed by atoms with Gasteiger partial charge < -0.3 is 5.11 Å². The van der Waals surface area contributed by atoms with Crippen molar-refractivity contribution in [3.8, 4) is 5.88 Å². The lowest BCUT2D eigenvalue weighted by molar-refractivity contribution is 0.439. The third kappa shape index (κ3) is 1.13. The Balaban J connectivity index is 3.17. The minimum atomic E-state index is -0.0394. The van der Waals surface area contributed by atoms with E-state index < -0.39 is 0 Å². The maximum absolute atomic E-state index is 8.89. The summed E-state index contributed by atoms with van der Waals surface area (Å²) < 4.78 is 0. The summed E-state index contributed by atoms with van der Waals surface area (Å²) in [6, 6.07) is 0. The zero-order chi connectivity index (χ0) is 6.85. The van der Waals surface area contributed by atoms with Gasteiger partial charge in [0.05, 0.1) is 0 Å². The zero-order valence-electron chi connectivity index (χ0n) is 5.29. The molecule has 1 aromatic heterocycles. The summed E-state index contributed by atoms with van der Waals surface area (Å²) in [7, 11) is 0. The Kier molecular flexibility index (Phi) is 1.30. The SMILES string of the molecule is Cc1nnc(C)c(O)n1. The van der Waals surface area contributed by atoms with Crippen LogP contribution in [0.2, 0.25) is 0 Å². The predicted molar refractivity (Wildman–Crippen MR) is 31.0 cm³/mol. The number of aryl methyl sites for hydroxylation is 2. The summed E-state index contributed by atoms with van der Waals surface area (Å²) in [6.45, 7) is 3.32. The van der Waals surface area contributed by atoms with Gasteiger partial charge in [0, 0.05) is 0 Å². The second-order valence-corrected chi connectivity index (χ2v) is 1.77. The lowest BCUT2D eigenvalue weighted by Gasteiger charge is -1.93. The van der Waals surface area contributed by atoms with Crippen LogP contribution in [0.25, 0.3) is 0 Å². The summed E-state index contributed by atoms with van der Waals surface area (Å²) in [5.74, 6) is 0.445. The van der Waals surface area contributed by atoms with Crippen molar-refractivity contribution < 1.29 is 5.11 Å². The van der Waals surface area contributed by atoms with Gasteiger partial charge in [-0.2, -0.15) is 4.98 Å². The molecule has 0 amide bonds. The largest absolute Gasteiger partial charge is 0.492 e. The van der Waals surface area contributed by atoms with E-state index in [2.05, 4.69) is 15.2 Å². The van der Waals surface area contributed by atoms with E-state index in [0.717, 1.165) is 0 Å². The average molecular weight is 125 g/mol. The number of aromatic nitrogens is 3. The summed E-state index contributed by atoms with van der Waals surface area (Å²) in [5, 5.41) is 16.1. The van der Waals surface area contributed by atoms with E-state index >= 15 is 0 Å². The molecule has 1 rings (SSSR count). The molecule has 0 spiro atoms. The van der Waals surface area contributed by atoms with Gasteiger partial charge in [-0.05, 0) is 13.8 Å². The third-order valence-electron chi connectivity index (χ3n) is 0.936. The molecule has 0 aliphatic carbocycles. The van der Waals surface area contributed by atoms with Crippen LogP contribution in [0.4, 0.5) is 0 Å². The molecule has 0 atom stereocenters. The van der Waals surface area contributed by atoms with Crippen LogP contribution < -0.4 is 0 Å². The second-order valence-electron chi connectivity index (χ2n) is 1.77. The molecule has 0 unspecified atom stereocenters. The van der Waals surface area contributed by atoms with Gasteiger partial charge in [0.2, 0.25) is 5.88 Å². The smallest absolute Gasteiger partial charge is 0.236 e. The van der Waals surface area contributed by atoms with Gasteiger partial charge in [0.1, 0.15) is 5.69 Å². The fourth-order valence-corrected chi connectivity index (χ4v) is 0.449. The first kappa shape index (κ1) is 5.94. The number of aromatic hydroxyl groups is 1. The van der Waals surface area contributed by atoms with Crippen LogP contribution in [0.3, 0.4) is 0 Å². The fourth-order valence-electron chi connectivity index (χ4n) is 0.449. The monoisotopic (exact) mass is 125 g/mol. The van der Waals surface area contributed by atoms with Crippen molar-refractivity contribution in [1.82, 2.24) is 15.2 Å². The molecule has 0 aliphatic heterocycles. The lowest BCUT2D eigenvalue weighted by atomic mass is 10.5. The molecule has 0 aromatic carbocycles. The Morgan fingerprint density at radius 1 is 1.22 bits per heavy atom. The Bertz CT molecular complexity index is 223. The number of hydrogen-bond donors (Lipinski definition) is 1. The fraction of sp³-hybridized carbons (Fsp3) is 0.400. The maximum Gasteiger partial charge on any atom is 0.236 e. The van der Waals surface area contributed by atoms with Crippen molar-refractivity contribution >= 4 is 0 Å². The highest BCUT2D eigenvalue weighted by Crippen LogP contribution is 2.05. The molecule has 0 saturated carbocycles. The standard InChI is InChI=1S/C5H7N3O/c1-3-5(9)6-4(2)8-7-3/h1-2H3,(H,6,8,9). The molecule has 0 radical (unpaired) electrons. The number of rotatable bonds is 0. The van der Waals surface area contributed by atoms with Crippen molar-refractivity contribution in [2.45, 2.75) is 13.8 Å². The molecule has 0 fully saturated rings. The summed E-state index contributed by atoms with van der Waals surface area (Å²) in [6.07, 6.45) is 0. The van der Waals surface area contributed by atoms with Crippen LogP contribution in [0, 0.1) is 13.8 Å².